The number of pyridine rings is 1. The second-order valence-electron chi connectivity index (χ2n) is 4.72. The second-order valence-corrected chi connectivity index (χ2v) is 5.12. The summed E-state index contributed by atoms with van der Waals surface area (Å²) in [6, 6.07) is 7.22. The van der Waals surface area contributed by atoms with Crippen molar-refractivity contribution >= 4 is 28.4 Å². The fourth-order valence-corrected chi connectivity index (χ4v) is 2.46. The zero-order chi connectivity index (χ0) is 15.4. The first-order chi connectivity index (χ1) is 10.1. The van der Waals surface area contributed by atoms with Crippen LogP contribution in [0.1, 0.15) is 20.8 Å². The zero-order valence-corrected chi connectivity index (χ0v) is 13.2. The minimum Gasteiger partial charge on any atom is -0.479 e. The maximum Gasteiger partial charge on any atom is 0.263 e. The van der Waals surface area contributed by atoms with Crippen molar-refractivity contribution in [1.29, 1.82) is 0 Å². The normalized spacial score (nSPS) is 12.2. The van der Waals surface area contributed by atoms with Crippen molar-refractivity contribution in [2.24, 2.45) is 0 Å². The molecule has 0 saturated carbocycles. The van der Waals surface area contributed by atoms with Crippen LogP contribution in [-0.4, -0.2) is 35.0 Å². The number of rotatable bonds is 5. The fourth-order valence-electron chi connectivity index (χ4n) is 2.24. The lowest BCUT2D eigenvalue weighted by molar-refractivity contribution is -0.137. The number of amides is 1. The van der Waals surface area contributed by atoms with Gasteiger partial charge >= 0.3 is 0 Å². The summed E-state index contributed by atoms with van der Waals surface area (Å²) in [6.45, 7) is 7.00. The molecule has 0 saturated heterocycles. The van der Waals surface area contributed by atoms with Crippen molar-refractivity contribution < 1.29 is 9.53 Å². The molecule has 1 aromatic heterocycles. The van der Waals surface area contributed by atoms with E-state index in [0.717, 1.165) is 5.39 Å². The van der Waals surface area contributed by atoms with Crippen molar-refractivity contribution in [3.8, 4) is 5.75 Å². The van der Waals surface area contributed by atoms with Crippen molar-refractivity contribution in [2.45, 2.75) is 26.9 Å². The molecular formula is C16H19ClN2O2. The van der Waals surface area contributed by atoms with Gasteiger partial charge in [-0.1, -0.05) is 11.6 Å². The van der Waals surface area contributed by atoms with Crippen LogP contribution in [0.5, 0.6) is 5.75 Å². The van der Waals surface area contributed by atoms with Gasteiger partial charge in [-0.05, 0) is 45.0 Å². The van der Waals surface area contributed by atoms with E-state index >= 15 is 0 Å². The minimum atomic E-state index is -0.559. The highest BCUT2D eigenvalue weighted by molar-refractivity contribution is 6.35. The van der Waals surface area contributed by atoms with Crippen LogP contribution in [0.25, 0.3) is 10.9 Å². The topological polar surface area (TPSA) is 42.4 Å². The van der Waals surface area contributed by atoms with Gasteiger partial charge in [0, 0.05) is 24.7 Å². The van der Waals surface area contributed by atoms with Crippen LogP contribution in [0.3, 0.4) is 0 Å². The summed E-state index contributed by atoms with van der Waals surface area (Å²) in [4.78, 5) is 18.3. The predicted molar refractivity (Wildman–Crippen MR) is 84.8 cm³/mol. The minimum absolute atomic E-state index is 0.0287. The molecule has 21 heavy (non-hydrogen) atoms. The summed E-state index contributed by atoms with van der Waals surface area (Å²) in [6.07, 6.45) is 1.12. The summed E-state index contributed by atoms with van der Waals surface area (Å²) in [5.41, 5.74) is 0.671. The molecule has 0 aliphatic heterocycles. The molecule has 1 heterocycles. The SMILES string of the molecule is CCN(CC)C(=O)C(C)Oc1ccc(Cl)c2cccnc12. The van der Waals surface area contributed by atoms with Crippen molar-refractivity contribution in [3.63, 3.8) is 0 Å². The highest BCUT2D eigenvalue weighted by Gasteiger charge is 2.21. The summed E-state index contributed by atoms with van der Waals surface area (Å²) in [5.74, 6) is 0.544. The Balaban J connectivity index is 2.28. The first-order valence-corrected chi connectivity index (χ1v) is 7.45. The molecule has 0 bridgehead atoms. The Labute approximate surface area is 129 Å². The quantitative estimate of drug-likeness (QED) is 0.848. The largest absolute Gasteiger partial charge is 0.479 e. The van der Waals surface area contributed by atoms with Crippen LogP contribution >= 0.6 is 11.6 Å². The number of nitrogens with zero attached hydrogens (tertiary/aromatic N) is 2. The molecule has 2 aromatic rings. The Morgan fingerprint density at radius 3 is 2.71 bits per heavy atom. The highest BCUT2D eigenvalue weighted by Crippen LogP contribution is 2.30. The Morgan fingerprint density at radius 1 is 1.33 bits per heavy atom. The molecule has 112 valence electrons. The number of hydrogen-bond donors (Lipinski definition) is 0. The van der Waals surface area contributed by atoms with Gasteiger partial charge in [-0.3, -0.25) is 9.78 Å². The molecule has 1 aromatic carbocycles. The van der Waals surface area contributed by atoms with Crippen LogP contribution in [0, 0.1) is 0 Å². The van der Waals surface area contributed by atoms with Crippen molar-refractivity contribution in [1.82, 2.24) is 9.88 Å². The average Bonchev–Trinajstić information content (AvgIpc) is 2.51. The van der Waals surface area contributed by atoms with Gasteiger partial charge in [-0.2, -0.15) is 0 Å². The smallest absolute Gasteiger partial charge is 0.263 e. The molecule has 0 spiro atoms. The monoisotopic (exact) mass is 306 g/mol. The molecular weight excluding hydrogens is 288 g/mol. The third-order valence-corrected chi connectivity index (χ3v) is 3.74. The molecule has 0 radical (unpaired) electrons. The van der Waals surface area contributed by atoms with Gasteiger partial charge in [0.2, 0.25) is 0 Å². The van der Waals surface area contributed by atoms with E-state index < -0.39 is 6.10 Å². The molecule has 0 aliphatic rings. The number of carbonyl (C=O) groups is 1. The maximum absolute atomic E-state index is 12.3. The standard InChI is InChI=1S/C16H19ClN2O2/c1-4-19(5-2)16(20)11(3)21-14-9-8-13(17)12-7-6-10-18-15(12)14/h6-11H,4-5H2,1-3H3. The van der Waals surface area contributed by atoms with Crippen LogP contribution in [0.15, 0.2) is 30.5 Å². The fraction of sp³-hybridized carbons (Fsp3) is 0.375. The van der Waals surface area contributed by atoms with Gasteiger partial charge in [-0.15, -0.1) is 0 Å². The van der Waals surface area contributed by atoms with E-state index in [4.69, 9.17) is 16.3 Å². The Bertz CT molecular complexity index is 641. The van der Waals surface area contributed by atoms with Crippen LogP contribution in [0.2, 0.25) is 5.02 Å². The lowest BCUT2D eigenvalue weighted by Gasteiger charge is -2.23. The number of aromatic nitrogens is 1. The Morgan fingerprint density at radius 2 is 2.05 bits per heavy atom. The Hall–Kier alpha value is -1.81. The molecule has 1 amide bonds. The van der Waals surface area contributed by atoms with E-state index in [0.29, 0.717) is 29.4 Å². The van der Waals surface area contributed by atoms with E-state index in [1.54, 1.807) is 30.2 Å². The van der Waals surface area contributed by atoms with Crippen LogP contribution in [0.4, 0.5) is 0 Å². The molecule has 1 atom stereocenters. The van der Waals surface area contributed by atoms with Gasteiger partial charge < -0.3 is 9.64 Å². The molecule has 1 unspecified atom stereocenters. The van der Waals surface area contributed by atoms with Crippen molar-refractivity contribution in [2.75, 3.05) is 13.1 Å². The second kappa shape index (κ2) is 6.76. The van der Waals surface area contributed by atoms with Gasteiger partial charge in [0.05, 0.1) is 5.02 Å². The number of benzene rings is 1. The molecule has 0 N–H and O–H groups in total. The summed E-state index contributed by atoms with van der Waals surface area (Å²) in [7, 11) is 0. The molecule has 0 aliphatic carbocycles. The molecule has 4 nitrogen and oxygen atoms in total. The van der Waals surface area contributed by atoms with E-state index in [9.17, 15) is 4.79 Å². The number of carbonyl (C=O) groups excluding carboxylic acids is 1. The molecule has 0 fully saturated rings. The molecule has 5 heteroatoms. The van der Waals surface area contributed by atoms with Crippen molar-refractivity contribution in [3.05, 3.63) is 35.5 Å². The first-order valence-electron chi connectivity index (χ1n) is 7.07. The number of fused-ring (bicyclic) bond motifs is 1. The van der Waals surface area contributed by atoms with E-state index in [1.165, 1.54) is 0 Å². The van der Waals surface area contributed by atoms with Gasteiger partial charge in [0.25, 0.3) is 5.91 Å². The average molecular weight is 307 g/mol. The van der Waals surface area contributed by atoms with E-state index in [1.807, 2.05) is 26.0 Å². The number of ether oxygens (including phenoxy) is 1. The van der Waals surface area contributed by atoms with Gasteiger partial charge in [0.1, 0.15) is 11.3 Å². The third kappa shape index (κ3) is 3.27. The lowest BCUT2D eigenvalue weighted by Crippen LogP contribution is -2.40. The van der Waals surface area contributed by atoms with E-state index in [2.05, 4.69) is 4.98 Å². The zero-order valence-electron chi connectivity index (χ0n) is 12.5. The number of hydrogen-bond acceptors (Lipinski definition) is 3. The highest BCUT2D eigenvalue weighted by atomic mass is 35.5. The third-order valence-electron chi connectivity index (χ3n) is 3.41. The summed E-state index contributed by atoms with van der Waals surface area (Å²) in [5, 5.41) is 1.44. The maximum atomic E-state index is 12.3. The van der Waals surface area contributed by atoms with Gasteiger partial charge in [0.15, 0.2) is 6.10 Å². The summed E-state index contributed by atoms with van der Waals surface area (Å²) >= 11 is 6.15. The summed E-state index contributed by atoms with van der Waals surface area (Å²) < 4.78 is 5.82. The first kappa shape index (κ1) is 15.6. The molecule has 2 rings (SSSR count). The van der Waals surface area contributed by atoms with E-state index in [-0.39, 0.29) is 5.91 Å². The Kier molecular flexibility index (Phi) is 5.02. The number of likely N-dealkylation sites (N-methyl/N-ethyl adjacent to an activating group) is 1. The number of halogens is 1. The lowest BCUT2D eigenvalue weighted by atomic mass is 10.2. The van der Waals surface area contributed by atoms with Gasteiger partial charge in [-0.25, -0.2) is 0 Å². The van der Waals surface area contributed by atoms with Crippen LogP contribution in [-0.2, 0) is 4.79 Å². The van der Waals surface area contributed by atoms with Crippen LogP contribution < -0.4 is 4.74 Å². The predicted octanol–water partition coefficient (Wildman–Crippen LogP) is 3.52.